The van der Waals surface area contributed by atoms with Crippen LogP contribution in [0.3, 0.4) is 0 Å². The number of nitrogens with zero attached hydrogens (tertiary/aromatic N) is 3. The fourth-order valence-electron chi connectivity index (χ4n) is 4.22. The predicted octanol–water partition coefficient (Wildman–Crippen LogP) is 4.28. The van der Waals surface area contributed by atoms with Crippen LogP contribution in [0.4, 0.5) is 5.82 Å². The van der Waals surface area contributed by atoms with Crippen LogP contribution in [-0.4, -0.2) is 65.5 Å². The monoisotopic (exact) mass is 479 g/mol. The first-order chi connectivity index (χ1) is 16.6. The van der Waals surface area contributed by atoms with E-state index in [1.165, 1.54) is 0 Å². The zero-order valence-electron chi connectivity index (χ0n) is 18.9. The molecule has 0 bridgehead atoms. The Bertz CT molecular complexity index is 1290. The highest BCUT2D eigenvalue weighted by molar-refractivity contribution is 6.30. The molecule has 1 amide bonds. The Balaban J connectivity index is 1.39. The van der Waals surface area contributed by atoms with Crippen molar-refractivity contribution < 1.29 is 14.3 Å². The van der Waals surface area contributed by atoms with Gasteiger partial charge in [-0.3, -0.25) is 14.4 Å². The van der Waals surface area contributed by atoms with Gasteiger partial charge >= 0.3 is 0 Å². The van der Waals surface area contributed by atoms with Crippen LogP contribution >= 0.6 is 11.6 Å². The van der Waals surface area contributed by atoms with E-state index in [0.717, 1.165) is 54.9 Å². The number of morpholine rings is 1. The summed E-state index contributed by atoms with van der Waals surface area (Å²) in [6.45, 7) is 4.74. The number of ether oxygens (including phenoxy) is 2. The van der Waals surface area contributed by atoms with Crippen LogP contribution in [0.15, 0.2) is 54.7 Å². The minimum absolute atomic E-state index is 0.284. The molecule has 2 N–H and O–H groups in total. The van der Waals surface area contributed by atoms with Crippen molar-refractivity contribution >= 4 is 34.2 Å². The molecule has 4 aromatic rings. The number of hydrogen-bond donors (Lipinski definition) is 2. The number of anilines is 1. The zero-order chi connectivity index (χ0) is 23.5. The van der Waals surface area contributed by atoms with Gasteiger partial charge in [-0.05, 0) is 29.8 Å². The number of fused-ring (bicyclic) bond motifs is 1. The summed E-state index contributed by atoms with van der Waals surface area (Å²) in [5.74, 6) is 0.998. The van der Waals surface area contributed by atoms with Gasteiger partial charge in [-0.1, -0.05) is 35.9 Å². The van der Waals surface area contributed by atoms with Crippen LogP contribution in [0.25, 0.3) is 22.0 Å². The second kappa shape index (κ2) is 9.89. The van der Waals surface area contributed by atoms with E-state index in [-0.39, 0.29) is 5.91 Å². The molecule has 0 spiro atoms. The van der Waals surface area contributed by atoms with E-state index >= 15 is 0 Å². The molecule has 9 heteroatoms. The third-order valence-electron chi connectivity index (χ3n) is 6.01. The first kappa shape index (κ1) is 22.5. The van der Waals surface area contributed by atoms with Crippen molar-refractivity contribution in [3.05, 3.63) is 65.4 Å². The van der Waals surface area contributed by atoms with Crippen LogP contribution < -0.4 is 10.1 Å². The molecule has 2 aromatic heterocycles. The lowest BCUT2D eigenvalue weighted by molar-refractivity contribution is 0.0361. The van der Waals surface area contributed by atoms with E-state index in [9.17, 15) is 4.79 Å². The summed E-state index contributed by atoms with van der Waals surface area (Å²) in [5, 5.41) is 9.07. The van der Waals surface area contributed by atoms with Gasteiger partial charge in [0.1, 0.15) is 17.1 Å². The Labute approximate surface area is 202 Å². The lowest BCUT2D eigenvalue weighted by Crippen LogP contribution is -2.38. The third kappa shape index (κ3) is 4.65. The molecule has 0 saturated carbocycles. The highest BCUT2D eigenvalue weighted by Crippen LogP contribution is 2.29. The number of rotatable bonds is 7. The minimum atomic E-state index is -0.284. The van der Waals surface area contributed by atoms with Gasteiger partial charge < -0.3 is 19.8 Å². The number of aromatic amines is 1. The maximum atomic E-state index is 13.2. The molecule has 34 heavy (non-hydrogen) atoms. The summed E-state index contributed by atoms with van der Waals surface area (Å²) < 4.78 is 12.9. The highest BCUT2D eigenvalue weighted by Gasteiger charge is 2.21. The van der Waals surface area contributed by atoms with Gasteiger partial charge in [-0.2, -0.15) is 5.10 Å². The summed E-state index contributed by atoms with van der Waals surface area (Å²) in [7, 11) is 1.63. The third-order valence-corrected chi connectivity index (χ3v) is 6.26. The summed E-state index contributed by atoms with van der Waals surface area (Å²) in [6, 6.07) is 15.1. The lowest BCUT2D eigenvalue weighted by atomic mass is 10.1. The molecule has 8 nitrogen and oxygen atoms in total. The second-order valence-electron chi connectivity index (χ2n) is 8.15. The molecule has 2 aromatic carbocycles. The molecular weight excluding hydrogens is 454 g/mol. The van der Waals surface area contributed by atoms with Crippen molar-refractivity contribution in [2.45, 2.75) is 6.54 Å². The van der Waals surface area contributed by atoms with E-state index in [2.05, 4.69) is 15.2 Å². The zero-order valence-corrected chi connectivity index (χ0v) is 19.6. The largest absolute Gasteiger partial charge is 0.494 e. The molecule has 0 atom stereocenters. The first-order valence-corrected chi connectivity index (χ1v) is 11.6. The quantitative estimate of drug-likeness (QED) is 0.413. The number of benzene rings is 2. The maximum absolute atomic E-state index is 13.2. The Morgan fingerprint density at radius 2 is 1.94 bits per heavy atom. The number of H-pyrrole nitrogens is 1. The van der Waals surface area contributed by atoms with Crippen molar-refractivity contribution in [2.75, 3.05) is 45.3 Å². The molecule has 176 valence electrons. The van der Waals surface area contributed by atoms with Gasteiger partial charge in [0.2, 0.25) is 0 Å². The van der Waals surface area contributed by atoms with E-state index in [0.29, 0.717) is 28.8 Å². The van der Waals surface area contributed by atoms with Crippen molar-refractivity contribution in [3.63, 3.8) is 0 Å². The fraction of sp³-hybridized carbons (Fsp3) is 0.280. The average molecular weight is 480 g/mol. The Hall–Kier alpha value is -3.33. The molecule has 5 rings (SSSR count). The summed E-state index contributed by atoms with van der Waals surface area (Å²) in [6.07, 6.45) is 1.85. The number of carbonyl (C=O) groups excluding carboxylic acids is 1. The smallest absolute Gasteiger partial charge is 0.277 e. The topological polar surface area (TPSA) is 84.4 Å². The molecule has 0 unspecified atom stereocenters. The van der Waals surface area contributed by atoms with Crippen LogP contribution in [0, 0.1) is 0 Å². The number of aromatic nitrogens is 3. The molecule has 1 aliphatic heterocycles. The van der Waals surface area contributed by atoms with Gasteiger partial charge in [0.25, 0.3) is 5.91 Å². The number of para-hydroxylation sites is 1. The number of halogens is 1. The number of nitrogens with one attached hydrogen (secondary N) is 2. The average Bonchev–Trinajstić information content (AvgIpc) is 3.48. The predicted molar refractivity (Wildman–Crippen MR) is 133 cm³/mol. The van der Waals surface area contributed by atoms with Crippen LogP contribution in [-0.2, 0) is 11.3 Å². The van der Waals surface area contributed by atoms with Crippen molar-refractivity contribution in [1.82, 2.24) is 19.7 Å². The van der Waals surface area contributed by atoms with Crippen molar-refractivity contribution in [1.29, 1.82) is 0 Å². The van der Waals surface area contributed by atoms with E-state index < -0.39 is 0 Å². The lowest BCUT2D eigenvalue weighted by Gasteiger charge is -2.26. The molecule has 0 aliphatic carbocycles. The number of hydrogen-bond acceptors (Lipinski definition) is 5. The molecule has 0 radical (unpaired) electrons. The molecule has 3 heterocycles. The standard InChI is InChI=1S/C25H26ClN5O3/c1-33-21-4-2-3-20-23(29-31(24(20)21)10-9-30-11-13-34-14-12-30)25(32)28-22-15-18(16-27-22)17-5-7-19(26)8-6-17/h2-8,15-16,27H,9-14H2,1H3,(H,28,32). The van der Waals surface area contributed by atoms with Crippen molar-refractivity contribution in [2.24, 2.45) is 0 Å². The molecule has 1 aliphatic rings. The van der Waals surface area contributed by atoms with Gasteiger partial charge in [-0.15, -0.1) is 0 Å². The van der Waals surface area contributed by atoms with Crippen molar-refractivity contribution in [3.8, 4) is 16.9 Å². The number of carbonyl (C=O) groups is 1. The normalized spacial score (nSPS) is 14.4. The van der Waals surface area contributed by atoms with Gasteiger partial charge in [-0.25, -0.2) is 0 Å². The van der Waals surface area contributed by atoms with Gasteiger partial charge in [0.05, 0.1) is 26.9 Å². The van der Waals surface area contributed by atoms with Gasteiger partial charge in [0.15, 0.2) is 5.69 Å². The number of amides is 1. The SMILES string of the molecule is COc1cccc2c(C(=O)Nc3cc(-c4ccc(Cl)cc4)c[nH]3)nn(CCN3CCOCC3)c12. The van der Waals surface area contributed by atoms with E-state index in [1.807, 2.05) is 59.4 Å². The molecule has 1 fully saturated rings. The fourth-order valence-corrected chi connectivity index (χ4v) is 4.34. The van der Waals surface area contributed by atoms with Crippen LogP contribution in [0.1, 0.15) is 10.5 Å². The Morgan fingerprint density at radius 3 is 2.71 bits per heavy atom. The Kier molecular flexibility index (Phi) is 6.53. The maximum Gasteiger partial charge on any atom is 0.277 e. The molecular formula is C25H26ClN5O3. The summed E-state index contributed by atoms with van der Waals surface area (Å²) in [5.41, 5.74) is 3.13. The van der Waals surface area contributed by atoms with E-state index in [1.54, 1.807) is 7.11 Å². The van der Waals surface area contributed by atoms with E-state index in [4.69, 9.17) is 26.2 Å². The molecule has 1 saturated heterocycles. The second-order valence-corrected chi connectivity index (χ2v) is 8.58. The Morgan fingerprint density at radius 1 is 1.15 bits per heavy atom. The van der Waals surface area contributed by atoms with Gasteiger partial charge in [0, 0.05) is 41.8 Å². The summed E-state index contributed by atoms with van der Waals surface area (Å²) >= 11 is 5.99. The summed E-state index contributed by atoms with van der Waals surface area (Å²) in [4.78, 5) is 18.7. The highest BCUT2D eigenvalue weighted by atomic mass is 35.5. The minimum Gasteiger partial charge on any atom is -0.494 e. The van der Waals surface area contributed by atoms with Crippen LogP contribution in [0.5, 0.6) is 5.75 Å². The first-order valence-electron chi connectivity index (χ1n) is 11.2. The van der Waals surface area contributed by atoms with Crippen LogP contribution in [0.2, 0.25) is 5.02 Å². The number of methoxy groups -OCH3 is 1.